The lowest BCUT2D eigenvalue weighted by molar-refractivity contribution is 0.492. The van der Waals surface area contributed by atoms with Gasteiger partial charge < -0.3 is 5.32 Å². The summed E-state index contributed by atoms with van der Waals surface area (Å²) < 4.78 is 27.3. The predicted octanol–water partition coefficient (Wildman–Crippen LogP) is 4.02. The van der Waals surface area contributed by atoms with Crippen LogP contribution in [-0.2, 0) is 13.1 Å². The summed E-state index contributed by atoms with van der Waals surface area (Å²) in [6.07, 6.45) is 0. The smallest absolute Gasteiger partial charge is 0.163 e. The molecule has 0 aliphatic heterocycles. The molecule has 2 rings (SSSR count). The van der Waals surface area contributed by atoms with E-state index in [0.717, 1.165) is 16.1 Å². The normalized spacial score (nSPS) is 10.6. The van der Waals surface area contributed by atoms with E-state index in [1.54, 1.807) is 6.07 Å². The van der Waals surface area contributed by atoms with Crippen molar-refractivity contribution in [3.05, 3.63) is 69.7 Å². The Balaban J connectivity index is 1.94. The number of rotatable bonds is 4. The highest BCUT2D eigenvalue weighted by molar-refractivity contribution is 9.10. The van der Waals surface area contributed by atoms with Crippen LogP contribution in [0.4, 0.5) is 8.78 Å². The van der Waals surface area contributed by atoms with Crippen LogP contribution in [0.15, 0.2) is 46.9 Å². The molecular formula is C14H12BrF2N. The summed E-state index contributed by atoms with van der Waals surface area (Å²) in [4.78, 5) is 0. The number of nitrogens with one attached hydrogen (secondary N) is 1. The molecule has 0 aliphatic carbocycles. The van der Waals surface area contributed by atoms with E-state index in [1.807, 2.05) is 24.3 Å². The summed E-state index contributed by atoms with van der Waals surface area (Å²) in [5.74, 6) is -1.59. The fraction of sp³-hybridized carbons (Fsp3) is 0.143. The molecule has 2 aromatic carbocycles. The molecule has 0 saturated heterocycles. The molecule has 0 aromatic heterocycles. The molecule has 0 amide bonds. The minimum Gasteiger partial charge on any atom is -0.309 e. The van der Waals surface area contributed by atoms with Gasteiger partial charge in [-0.3, -0.25) is 0 Å². The Hall–Kier alpha value is -1.26. The summed E-state index contributed by atoms with van der Waals surface area (Å²) >= 11 is 3.38. The summed E-state index contributed by atoms with van der Waals surface area (Å²) in [5.41, 5.74) is 1.42. The van der Waals surface area contributed by atoms with Crippen LogP contribution in [-0.4, -0.2) is 0 Å². The minimum atomic E-state index is -0.809. The molecule has 2 aromatic rings. The molecule has 0 heterocycles. The SMILES string of the molecule is Fc1cccc(CNCc2cccc(Br)c2)c1F. The lowest BCUT2D eigenvalue weighted by Crippen LogP contribution is -2.14. The molecule has 18 heavy (non-hydrogen) atoms. The quantitative estimate of drug-likeness (QED) is 0.899. The van der Waals surface area contributed by atoms with E-state index in [4.69, 9.17) is 0 Å². The van der Waals surface area contributed by atoms with Gasteiger partial charge in [0.2, 0.25) is 0 Å². The van der Waals surface area contributed by atoms with Crippen molar-refractivity contribution in [1.29, 1.82) is 0 Å². The molecule has 0 aliphatic rings. The van der Waals surface area contributed by atoms with Gasteiger partial charge in [-0.25, -0.2) is 8.78 Å². The Morgan fingerprint density at radius 2 is 1.78 bits per heavy atom. The molecule has 0 atom stereocenters. The highest BCUT2D eigenvalue weighted by Gasteiger charge is 2.06. The number of benzene rings is 2. The molecule has 94 valence electrons. The van der Waals surface area contributed by atoms with Crippen molar-refractivity contribution >= 4 is 15.9 Å². The zero-order valence-electron chi connectivity index (χ0n) is 9.59. The van der Waals surface area contributed by atoms with Crippen LogP contribution in [0.1, 0.15) is 11.1 Å². The minimum absolute atomic E-state index is 0.302. The third kappa shape index (κ3) is 3.37. The zero-order chi connectivity index (χ0) is 13.0. The van der Waals surface area contributed by atoms with Gasteiger partial charge in [0.15, 0.2) is 11.6 Å². The maximum Gasteiger partial charge on any atom is 0.163 e. The first-order chi connectivity index (χ1) is 8.66. The highest BCUT2D eigenvalue weighted by Crippen LogP contribution is 2.13. The van der Waals surface area contributed by atoms with Gasteiger partial charge in [-0.15, -0.1) is 0 Å². The summed E-state index contributed by atoms with van der Waals surface area (Å²) in [5, 5.41) is 3.09. The van der Waals surface area contributed by atoms with Gasteiger partial charge in [0.25, 0.3) is 0 Å². The van der Waals surface area contributed by atoms with Crippen molar-refractivity contribution in [2.45, 2.75) is 13.1 Å². The molecule has 0 unspecified atom stereocenters. The van der Waals surface area contributed by atoms with Crippen molar-refractivity contribution < 1.29 is 8.78 Å². The van der Waals surface area contributed by atoms with Crippen molar-refractivity contribution in [3.63, 3.8) is 0 Å². The van der Waals surface area contributed by atoms with Gasteiger partial charge in [-0.1, -0.05) is 40.2 Å². The van der Waals surface area contributed by atoms with Crippen LogP contribution in [0, 0.1) is 11.6 Å². The second-order valence-corrected chi connectivity index (χ2v) is 4.86. The van der Waals surface area contributed by atoms with Crippen molar-refractivity contribution in [3.8, 4) is 0 Å². The second-order valence-electron chi connectivity index (χ2n) is 3.95. The molecule has 0 saturated carbocycles. The first-order valence-corrected chi connectivity index (χ1v) is 6.34. The molecular weight excluding hydrogens is 300 g/mol. The number of hydrogen-bond donors (Lipinski definition) is 1. The van der Waals surface area contributed by atoms with Crippen LogP contribution in [0.5, 0.6) is 0 Å². The molecule has 0 bridgehead atoms. The third-order valence-electron chi connectivity index (χ3n) is 2.57. The van der Waals surface area contributed by atoms with E-state index in [1.165, 1.54) is 6.07 Å². The lowest BCUT2D eigenvalue weighted by atomic mass is 10.2. The van der Waals surface area contributed by atoms with Crippen LogP contribution < -0.4 is 5.32 Å². The largest absolute Gasteiger partial charge is 0.309 e. The van der Waals surface area contributed by atoms with Crippen LogP contribution in [0.3, 0.4) is 0 Å². The molecule has 0 radical (unpaired) electrons. The topological polar surface area (TPSA) is 12.0 Å². The van der Waals surface area contributed by atoms with Gasteiger partial charge in [0, 0.05) is 23.1 Å². The molecule has 0 fully saturated rings. The van der Waals surface area contributed by atoms with Crippen LogP contribution in [0.25, 0.3) is 0 Å². The summed E-state index contributed by atoms with van der Waals surface area (Å²) in [6, 6.07) is 12.0. The third-order valence-corrected chi connectivity index (χ3v) is 3.06. The Labute approximate surface area is 113 Å². The van der Waals surface area contributed by atoms with Crippen molar-refractivity contribution in [1.82, 2.24) is 5.32 Å². The Morgan fingerprint density at radius 3 is 2.56 bits per heavy atom. The van der Waals surface area contributed by atoms with E-state index in [9.17, 15) is 8.78 Å². The monoisotopic (exact) mass is 311 g/mol. The molecule has 1 N–H and O–H groups in total. The van der Waals surface area contributed by atoms with Crippen LogP contribution in [0.2, 0.25) is 0 Å². The van der Waals surface area contributed by atoms with Crippen LogP contribution >= 0.6 is 15.9 Å². The number of halogens is 3. The predicted molar refractivity (Wildman–Crippen MR) is 71.0 cm³/mol. The Morgan fingerprint density at radius 1 is 1.00 bits per heavy atom. The molecule has 1 nitrogen and oxygen atoms in total. The van der Waals surface area contributed by atoms with E-state index in [-0.39, 0.29) is 0 Å². The fourth-order valence-electron chi connectivity index (χ4n) is 1.67. The average Bonchev–Trinajstić information content (AvgIpc) is 2.35. The Bertz CT molecular complexity index is 543. The van der Waals surface area contributed by atoms with Gasteiger partial charge in [-0.2, -0.15) is 0 Å². The average molecular weight is 312 g/mol. The van der Waals surface area contributed by atoms with Gasteiger partial charge in [0.05, 0.1) is 0 Å². The standard InChI is InChI=1S/C14H12BrF2N/c15-12-5-1-3-10(7-12)8-18-9-11-4-2-6-13(16)14(11)17/h1-7,18H,8-9H2. The van der Waals surface area contributed by atoms with Gasteiger partial charge in [-0.05, 0) is 23.8 Å². The Kier molecular flexibility index (Phi) is 4.44. The van der Waals surface area contributed by atoms with E-state index < -0.39 is 11.6 Å². The second kappa shape index (κ2) is 6.07. The van der Waals surface area contributed by atoms with Crippen molar-refractivity contribution in [2.24, 2.45) is 0 Å². The van der Waals surface area contributed by atoms with E-state index in [0.29, 0.717) is 18.7 Å². The van der Waals surface area contributed by atoms with E-state index >= 15 is 0 Å². The fourth-order valence-corrected chi connectivity index (χ4v) is 2.12. The summed E-state index contributed by atoms with van der Waals surface area (Å²) in [6.45, 7) is 0.908. The van der Waals surface area contributed by atoms with E-state index in [2.05, 4.69) is 21.2 Å². The summed E-state index contributed by atoms with van der Waals surface area (Å²) in [7, 11) is 0. The lowest BCUT2D eigenvalue weighted by Gasteiger charge is -2.07. The maximum atomic E-state index is 13.4. The molecule has 0 spiro atoms. The molecule has 4 heteroatoms. The first-order valence-electron chi connectivity index (χ1n) is 5.55. The first kappa shape index (κ1) is 13.2. The highest BCUT2D eigenvalue weighted by atomic mass is 79.9. The zero-order valence-corrected chi connectivity index (χ0v) is 11.2. The van der Waals surface area contributed by atoms with Crippen molar-refractivity contribution in [2.75, 3.05) is 0 Å². The van der Waals surface area contributed by atoms with Gasteiger partial charge in [0.1, 0.15) is 0 Å². The number of hydrogen-bond acceptors (Lipinski definition) is 1. The van der Waals surface area contributed by atoms with Gasteiger partial charge >= 0.3 is 0 Å². The maximum absolute atomic E-state index is 13.4.